The summed E-state index contributed by atoms with van der Waals surface area (Å²) in [6.45, 7) is 1.85. The van der Waals surface area contributed by atoms with E-state index in [1.54, 1.807) is 30.6 Å². The molecule has 106 valence electrons. The summed E-state index contributed by atoms with van der Waals surface area (Å²) in [7, 11) is 0. The normalized spacial score (nSPS) is 10.5. The van der Waals surface area contributed by atoms with Crippen LogP contribution in [-0.4, -0.2) is 27.0 Å². The number of hydrogen-bond acceptors (Lipinski definition) is 4. The Morgan fingerprint density at radius 2 is 2.10 bits per heavy atom. The van der Waals surface area contributed by atoms with Crippen molar-refractivity contribution in [1.29, 1.82) is 0 Å². The molecule has 2 aromatic heterocycles. The van der Waals surface area contributed by atoms with Gasteiger partial charge < -0.3 is 10.4 Å². The molecule has 1 amide bonds. The number of carboxylic acid groups (broad SMARTS) is 1. The molecule has 0 unspecified atom stereocenters. The number of rotatable bonds is 4. The molecule has 2 heterocycles. The van der Waals surface area contributed by atoms with Gasteiger partial charge in [0.2, 0.25) is 0 Å². The van der Waals surface area contributed by atoms with Crippen LogP contribution in [0.1, 0.15) is 21.6 Å². The molecule has 2 rings (SSSR count). The highest BCUT2D eigenvalue weighted by Gasteiger charge is 2.12. The lowest BCUT2D eigenvalue weighted by Crippen LogP contribution is -2.16. The Labute approximate surface area is 121 Å². The van der Waals surface area contributed by atoms with Gasteiger partial charge in [-0.3, -0.25) is 14.8 Å². The summed E-state index contributed by atoms with van der Waals surface area (Å²) in [5.74, 6) is -1.51. The number of carboxylic acids is 1. The molecule has 0 saturated carbocycles. The molecule has 0 aliphatic heterocycles. The SMILES string of the molecule is Cc1ccncc1NC(=O)c1ncccc1/C=C/C(=O)O. The molecular weight excluding hydrogens is 270 g/mol. The molecular formula is C15H13N3O3. The second kappa shape index (κ2) is 6.42. The first-order chi connectivity index (χ1) is 10.1. The zero-order chi connectivity index (χ0) is 15.2. The molecule has 0 aliphatic rings. The van der Waals surface area contributed by atoms with Gasteiger partial charge in [-0.15, -0.1) is 0 Å². The Kier molecular flexibility index (Phi) is 4.40. The maximum atomic E-state index is 12.2. The average molecular weight is 283 g/mol. The van der Waals surface area contributed by atoms with Crippen molar-refractivity contribution >= 4 is 23.6 Å². The summed E-state index contributed by atoms with van der Waals surface area (Å²) in [5.41, 5.74) is 2.04. The average Bonchev–Trinajstić information content (AvgIpc) is 2.47. The molecule has 0 bridgehead atoms. The number of aryl methyl sites for hydroxylation is 1. The number of amides is 1. The number of nitrogens with zero attached hydrogens (tertiary/aromatic N) is 2. The second-order valence-corrected chi connectivity index (χ2v) is 4.26. The minimum atomic E-state index is -1.09. The highest BCUT2D eigenvalue weighted by atomic mass is 16.4. The van der Waals surface area contributed by atoms with E-state index < -0.39 is 11.9 Å². The predicted molar refractivity (Wildman–Crippen MR) is 77.8 cm³/mol. The third kappa shape index (κ3) is 3.73. The van der Waals surface area contributed by atoms with Crippen molar-refractivity contribution < 1.29 is 14.7 Å². The van der Waals surface area contributed by atoms with Gasteiger partial charge >= 0.3 is 5.97 Å². The van der Waals surface area contributed by atoms with Crippen LogP contribution in [0, 0.1) is 6.92 Å². The molecule has 0 aromatic carbocycles. The van der Waals surface area contributed by atoms with Crippen LogP contribution >= 0.6 is 0 Å². The topological polar surface area (TPSA) is 92.2 Å². The molecule has 6 heteroatoms. The third-order valence-corrected chi connectivity index (χ3v) is 2.75. The van der Waals surface area contributed by atoms with Crippen LogP contribution in [0.4, 0.5) is 5.69 Å². The minimum absolute atomic E-state index is 0.151. The van der Waals surface area contributed by atoms with Crippen molar-refractivity contribution in [3.05, 3.63) is 59.7 Å². The van der Waals surface area contributed by atoms with Gasteiger partial charge in [0.25, 0.3) is 5.91 Å². The number of pyridine rings is 2. The van der Waals surface area contributed by atoms with Gasteiger partial charge in [-0.2, -0.15) is 0 Å². The van der Waals surface area contributed by atoms with E-state index in [1.807, 2.05) is 6.92 Å². The maximum absolute atomic E-state index is 12.2. The number of carbonyl (C=O) groups is 2. The smallest absolute Gasteiger partial charge is 0.328 e. The minimum Gasteiger partial charge on any atom is -0.478 e. The van der Waals surface area contributed by atoms with E-state index in [0.717, 1.165) is 11.6 Å². The largest absolute Gasteiger partial charge is 0.478 e. The van der Waals surface area contributed by atoms with Crippen molar-refractivity contribution in [3.63, 3.8) is 0 Å². The third-order valence-electron chi connectivity index (χ3n) is 2.75. The number of aromatic nitrogens is 2. The summed E-state index contributed by atoms with van der Waals surface area (Å²) in [6.07, 6.45) is 6.95. The van der Waals surface area contributed by atoms with Gasteiger partial charge in [0.05, 0.1) is 11.9 Å². The Bertz CT molecular complexity index is 711. The van der Waals surface area contributed by atoms with E-state index in [0.29, 0.717) is 11.3 Å². The molecule has 21 heavy (non-hydrogen) atoms. The fourth-order valence-electron chi connectivity index (χ4n) is 1.68. The Morgan fingerprint density at radius 1 is 1.29 bits per heavy atom. The standard InChI is InChI=1S/C15H13N3O3/c1-10-6-8-16-9-12(10)18-15(21)14-11(3-2-7-17-14)4-5-13(19)20/h2-9H,1H3,(H,18,21)(H,19,20)/b5-4+. The monoisotopic (exact) mass is 283 g/mol. The van der Waals surface area contributed by atoms with Crippen LogP contribution in [0.3, 0.4) is 0 Å². The summed E-state index contributed by atoms with van der Waals surface area (Å²) in [5, 5.41) is 11.4. The summed E-state index contributed by atoms with van der Waals surface area (Å²) in [6, 6.07) is 5.03. The van der Waals surface area contributed by atoms with Gasteiger partial charge in [0, 0.05) is 24.0 Å². The molecule has 2 N–H and O–H groups in total. The molecule has 0 saturated heterocycles. The van der Waals surface area contributed by atoms with Gasteiger partial charge in [0.15, 0.2) is 0 Å². The molecule has 0 spiro atoms. The number of anilines is 1. The van der Waals surface area contributed by atoms with Crippen molar-refractivity contribution in [2.24, 2.45) is 0 Å². The van der Waals surface area contributed by atoms with Crippen LogP contribution in [0.15, 0.2) is 42.9 Å². The summed E-state index contributed by atoms with van der Waals surface area (Å²) >= 11 is 0. The van der Waals surface area contributed by atoms with E-state index in [1.165, 1.54) is 12.3 Å². The van der Waals surface area contributed by atoms with E-state index >= 15 is 0 Å². The molecule has 0 aliphatic carbocycles. The molecule has 0 radical (unpaired) electrons. The fraction of sp³-hybridized carbons (Fsp3) is 0.0667. The van der Waals surface area contributed by atoms with Crippen LogP contribution in [0.25, 0.3) is 6.08 Å². The van der Waals surface area contributed by atoms with Gasteiger partial charge in [-0.05, 0) is 30.7 Å². The lowest BCUT2D eigenvalue weighted by atomic mass is 10.1. The summed E-state index contributed by atoms with van der Waals surface area (Å²) in [4.78, 5) is 30.8. The second-order valence-electron chi connectivity index (χ2n) is 4.26. The lowest BCUT2D eigenvalue weighted by Gasteiger charge is -2.08. The van der Waals surface area contributed by atoms with Crippen LogP contribution in [0.2, 0.25) is 0 Å². The maximum Gasteiger partial charge on any atom is 0.328 e. The van der Waals surface area contributed by atoms with E-state index in [2.05, 4.69) is 15.3 Å². The molecule has 2 aromatic rings. The van der Waals surface area contributed by atoms with Gasteiger partial charge in [-0.1, -0.05) is 6.07 Å². The quantitative estimate of drug-likeness (QED) is 0.839. The van der Waals surface area contributed by atoms with E-state index in [4.69, 9.17) is 5.11 Å². The fourth-order valence-corrected chi connectivity index (χ4v) is 1.68. The first-order valence-corrected chi connectivity index (χ1v) is 6.16. The zero-order valence-electron chi connectivity index (χ0n) is 11.3. The molecule has 0 atom stereocenters. The highest BCUT2D eigenvalue weighted by molar-refractivity contribution is 6.05. The summed E-state index contributed by atoms with van der Waals surface area (Å²) < 4.78 is 0. The van der Waals surface area contributed by atoms with Gasteiger partial charge in [-0.25, -0.2) is 4.79 Å². The van der Waals surface area contributed by atoms with Crippen molar-refractivity contribution in [3.8, 4) is 0 Å². The first-order valence-electron chi connectivity index (χ1n) is 6.16. The Hall–Kier alpha value is -3.02. The van der Waals surface area contributed by atoms with Crippen LogP contribution in [0.5, 0.6) is 0 Å². The number of hydrogen-bond donors (Lipinski definition) is 2. The van der Waals surface area contributed by atoms with E-state index in [9.17, 15) is 9.59 Å². The van der Waals surface area contributed by atoms with Crippen molar-refractivity contribution in [2.75, 3.05) is 5.32 Å². The van der Waals surface area contributed by atoms with Crippen LogP contribution < -0.4 is 5.32 Å². The number of carbonyl (C=O) groups excluding carboxylic acids is 1. The Balaban J connectivity index is 2.28. The zero-order valence-corrected chi connectivity index (χ0v) is 11.3. The molecule has 6 nitrogen and oxygen atoms in total. The van der Waals surface area contributed by atoms with E-state index in [-0.39, 0.29) is 5.69 Å². The molecule has 0 fully saturated rings. The number of aliphatic carboxylic acids is 1. The predicted octanol–water partition coefficient (Wildman–Crippen LogP) is 2.14. The van der Waals surface area contributed by atoms with Gasteiger partial charge in [0.1, 0.15) is 5.69 Å². The van der Waals surface area contributed by atoms with Crippen LogP contribution in [-0.2, 0) is 4.79 Å². The Morgan fingerprint density at radius 3 is 2.81 bits per heavy atom. The lowest BCUT2D eigenvalue weighted by molar-refractivity contribution is -0.131. The number of nitrogens with one attached hydrogen (secondary N) is 1. The van der Waals surface area contributed by atoms with Crippen molar-refractivity contribution in [1.82, 2.24) is 9.97 Å². The van der Waals surface area contributed by atoms with Crippen molar-refractivity contribution in [2.45, 2.75) is 6.92 Å². The first kappa shape index (κ1) is 14.4. The highest BCUT2D eigenvalue weighted by Crippen LogP contribution is 2.14.